The highest BCUT2D eigenvalue weighted by atomic mass is 35.5. The molecular formula is C21H24ClNO6S2. The third-order valence-electron chi connectivity index (χ3n) is 4.78. The molecular weight excluding hydrogens is 462 g/mol. The fourth-order valence-electron chi connectivity index (χ4n) is 3.25. The molecule has 1 amide bonds. The Hall–Kier alpha value is -2.10. The number of esters is 1. The third kappa shape index (κ3) is 5.99. The predicted octanol–water partition coefficient (Wildman–Crippen LogP) is 4.16. The first-order chi connectivity index (χ1) is 14.7. The maximum Gasteiger partial charge on any atom is 0.341 e. The molecule has 1 aliphatic rings. The monoisotopic (exact) mass is 485 g/mol. The van der Waals surface area contributed by atoms with Gasteiger partial charge in [-0.1, -0.05) is 11.6 Å². The maximum absolute atomic E-state index is 12.5. The summed E-state index contributed by atoms with van der Waals surface area (Å²) < 4.78 is 34.7. The van der Waals surface area contributed by atoms with Crippen LogP contribution in [0.4, 0.5) is 5.00 Å². The van der Waals surface area contributed by atoms with Crippen LogP contribution in [0.3, 0.4) is 0 Å². The van der Waals surface area contributed by atoms with E-state index in [-0.39, 0.29) is 42.4 Å². The lowest BCUT2D eigenvalue weighted by Crippen LogP contribution is -2.20. The predicted molar refractivity (Wildman–Crippen MR) is 121 cm³/mol. The Balaban J connectivity index is 1.63. The van der Waals surface area contributed by atoms with Crippen molar-refractivity contribution in [1.29, 1.82) is 0 Å². The van der Waals surface area contributed by atoms with E-state index in [0.717, 1.165) is 16.9 Å². The zero-order valence-electron chi connectivity index (χ0n) is 17.3. The van der Waals surface area contributed by atoms with Crippen LogP contribution in [-0.2, 0) is 31.5 Å². The van der Waals surface area contributed by atoms with Crippen LogP contribution in [0.25, 0.3) is 0 Å². The highest BCUT2D eigenvalue weighted by molar-refractivity contribution is 7.90. The molecule has 0 unspecified atom stereocenters. The summed E-state index contributed by atoms with van der Waals surface area (Å²) in [6.07, 6.45) is 0.907. The Morgan fingerprint density at radius 3 is 2.77 bits per heavy atom. The van der Waals surface area contributed by atoms with Crippen molar-refractivity contribution in [3.05, 3.63) is 44.8 Å². The van der Waals surface area contributed by atoms with Crippen molar-refractivity contribution >= 4 is 49.7 Å². The number of aryl methyl sites for hydroxylation is 1. The Kier molecular flexibility index (Phi) is 7.61. The quantitative estimate of drug-likeness (QED) is 0.445. The number of ether oxygens (including phenoxy) is 2. The molecule has 0 saturated carbocycles. The summed E-state index contributed by atoms with van der Waals surface area (Å²) in [4.78, 5) is 25.5. The number of rotatable bonds is 8. The van der Waals surface area contributed by atoms with Gasteiger partial charge in [0.05, 0.1) is 30.3 Å². The summed E-state index contributed by atoms with van der Waals surface area (Å²) in [7, 11) is -3.20. The summed E-state index contributed by atoms with van der Waals surface area (Å²) in [6, 6.07) is 5.36. The summed E-state index contributed by atoms with van der Waals surface area (Å²) in [5.41, 5.74) is 1.85. The molecule has 31 heavy (non-hydrogen) atoms. The molecule has 7 nitrogen and oxygen atoms in total. The van der Waals surface area contributed by atoms with Gasteiger partial charge in [0.2, 0.25) is 5.91 Å². The van der Waals surface area contributed by atoms with Crippen LogP contribution in [0.5, 0.6) is 5.75 Å². The smallest absolute Gasteiger partial charge is 0.341 e. The largest absolute Gasteiger partial charge is 0.494 e. The van der Waals surface area contributed by atoms with Crippen LogP contribution < -0.4 is 10.1 Å². The number of anilines is 1. The molecule has 1 aliphatic heterocycles. The van der Waals surface area contributed by atoms with E-state index in [0.29, 0.717) is 39.2 Å². The molecule has 168 valence electrons. The van der Waals surface area contributed by atoms with E-state index in [1.807, 2.05) is 13.0 Å². The van der Waals surface area contributed by atoms with E-state index in [1.165, 1.54) is 0 Å². The lowest BCUT2D eigenvalue weighted by Gasteiger charge is -2.13. The van der Waals surface area contributed by atoms with E-state index in [2.05, 4.69) is 5.32 Å². The molecule has 0 atom stereocenters. The van der Waals surface area contributed by atoms with Crippen LogP contribution in [0.1, 0.15) is 46.1 Å². The highest BCUT2D eigenvalue weighted by Gasteiger charge is 2.31. The second kappa shape index (κ2) is 10.0. The van der Waals surface area contributed by atoms with Gasteiger partial charge in [-0.25, -0.2) is 13.2 Å². The average Bonchev–Trinajstić information content (AvgIpc) is 3.03. The van der Waals surface area contributed by atoms with E-state index in [1.54, 1.807) is 19.1 Å². The lowest BCUT2D eigenvalue weighted by molar-refractivity contribution is -0.116. The molecule has 0 fully saturated rings. The molecule has 2 heterocycles. The van der Waals surface area contributed by atoms with Crippen molar-refractivity contribution in [1.82, 2.24) is 0 Å². The van der Waals surface area contributed by atoms with Gasteiger partial charge in [-0.15, -0.1) is 11.3 Å². The van der Waals surface area contributed by atoms with Gasteiger partial charge in [-0.05, 0) is 56.0 Å². The number of nitrogens with one attached hydrogen (secondary N) is 1. The molecule has 1 aromatic heterocycles. The minimum absolute atomic E-state index is 0.0158. The summed E-state index contributed by atoms with van der Waals surface area (Å²) in [5, 5.41) is 3.77. The third-order valence-corrected chi connectivity index (χ3v) is 8.09. The first kappa shape index (κ1) is 23.6. The van der Waals surface area contributed by atoms with Gasteiger partial charge in [-0.2, -0.15) is 0 Å². The van der Waals surface area contributed by atoms with Crippen molar-refractivity contribution in [2.75, 3.05) is 24.3 Å². The molecule has 10 heteroatoms. The van der Waals surface area contributed by atoms with Crippen molar-refractivity contribution in [3.8, 4) is 5.75 Å². The normalized spacial score (nSPS) is 14.5. The van der Waals surface area contributed by atoms with E-state index >= 15 is 0 Å². The molecule has 0 aliphatic carbocycles. The number of amides is 1. The molecule has 0 bridgehead atoms. The Bertz CT molecular complexity index is 1090. The van der Waals surface area contributed by atoms with Gasteiger partial charge in [0.15, 0.2) is 9.84 Å². The highest BCUT2D eigenvalue weighted by Crippen LogP contribution is 2.38. The fourth-order valence-corrected chi connectivity index (χ4v) is 6.42. The first-order valence-corrected chi connectivity index (χ1v) is 12.9. The number of carbonyl (C=O) groups is 2. The zero-order valence-corrected chi connectivity index (χ0v) is 19.7. The van der Waals surface area contributed by atoms with Crippen LogP contribution in [-0.4, -0.2) is 39.3 Å². The number of hydrogen-bond donors (Lipinski definition) is 1. The number of fused-ring (bicyclic) bond motifs is 1. The lowest BCUT2D eigenvalue weighted by atomic mass is 10.1. The van der Waals surface area contributed by atoms with Gasteiger partial charge in [0, 0.05) is 16.3 Å². The van der Waals surface area contributed by atoms with Crippen molar-refractivity contribution in [2.24, 2.45) is 0 Å². The first-order valence-electron chi connectivity index (χ1n) is 9.91. The second-order valence-electron chi connectivity index (χ2n) is 7.18. The van der Waals surface area contributed by atoms with E-state index in [4.69, 9.17) is 21.1 Å². The zero-order chi connectivity index (χ0) is 22.6. The second-order valence-corrected chi connectivity index (χ2v) is 10.9. The maximum atomic E-state index is 12.5. The van der Waals surface area contributed by atoms with Crippen molar-refractivity contribution < 1.29 is 27.5 Å². The molecule has 1 aromatic carbocycles. The van der Waals surface area contributed by atoms with Crippen molar-refractivity contribution in [3.63, 3.8) is 0 Å². The van der Waals surface area contributed by atoms with Crippen LogP contribution in [0.15, 0.2) is 18.2 Å². The summed E-state index contributed by atoms with van der Waals surface area (Å²) in [6.45, 7) is 4.12. The van der Waals surface area contributed by atoms with Crippen LogP contribution in [0.2, 0.25) is 5.02 Å². The Morgan fingerprint density at radius 2 is 2.06 bits per heavy atom. The molecule has 1 N–H and O–H groups in total. The number of benzene rings is 1. The summed E-state index contributed by atoms with van der Waals surface area (Å²) >= 11 is 7.12. The van der Waals surface area contributed by atoms with Crippen molar-refractivity contribution in [2.45, 2.75) is 38.9 Å². The Labute approximate surface area is 190 Å². The minimum atomic E-state index is -3.20. The average molecular weight is 486 g/mol. The fraction of sp³-hybridized carbons (Fsp3) is 0.429. The van der Waals surface area contributed by atoms with E-state index < -0.39 is 15.8 Å². The molecule has 3 rings (SSSR count). The van der Waals surface area contributed by atoms with Gasteiger partial charge >= 0.3 is 5.97 Å². The van der Waals surface area contributed by atoms with Gasteiger partial charge in [0.1, 0.15) is 10.8 Å². The standard InChI is InChI=1S/C21H24ClNO6S2/c1-3-28-21(25)19-15-8-10-31(26,27)12-17(15)30-20(19)23-18(24)5-4-9-29-14-6-7-16(22)13(2)11-14/h6-7,11H,3-5,8-10,12H2,1-2H3,(H,23,24). The number of sulfone groups is 1. The molecule has 2 aromatic rings. The topological polar surface area (TPSA) is 98.8 Å². The van der Waals surface area contributed by atoms with Crippen LogP contribution in [0, 0.1) is 6.92 Å². The minimum Gasteiger partial charge on any atom is -0.494 e. The van der Waals surface area contributed by atoms with E-state index in [9.17, 15) is 18.0 Å². The SMILES string of the molecule is CCOC(=O)c1c(NC(=O)CCCOc2ccc(Cl)c(C)c2)sc2c1CCS(=O)(=O)C2. The van der Waals surface area contributed by atoms with Gasteiger partial charge < -0.3 is 14.8 Å². The van der Waals surface area contributed by atoms with Gasteiger partial charge in [0.25, 0.3) is 0 Å². The Morgan fingerprint density at radius 1 is 1.29 bits per heavy atom. The number of halogens is 1. The van der Waals surface area contributed by atoms with Gasteiger partial charge in [-0.3, -0.25) is 4.79 Å². The molecule has 0 saturated heterocycles. The number of carbonyl (C=O) groups excluding carboxylic acids is 2. The summed E-state index contributed by atoms with van der Waals surface area (Å²) in [5.74, 6) is -0.278. The number of hydrogen-bond acceptors (Lipinski definition) is 7. The number of thiophene rings is 1. The molecule has 0 spiro atoms. The molecule has 0 radical (unpaired) electrons. The van der Waals surface area contributed by atoms with Crippen LogP contribution >= 0.6 is 22.9 Å².